The van der Waals surface area contributed by atoms with Gasteiger partial charge in [0.2, 0.25) is 0 Å². The first-order chi connectivity index (χ1) is 8.58. The van der Waals surface area contributed by atoms with Crippen LogP contribution in [0.4, 0.5) is 0 Å². The molecule has 0 saturated heterocycles. The van der Waals surface area contributed by atoms with Gasteiger partial charge in [-0.2, -0.15) is 0 Å². The second kappa shape index (κ2) is 5.06. The lowest BCUT2D eigenvalue weighted by molar-refractivity contribution is 0.393. The zero-order chi connectivity index (χ0) is 13.3. The van der Waals surface area contributed by atoms with Gasteiger partial charge in [0.15, 0.2) is 0 Å². The minimum Gasteiger partial charge on any atom is -0.497 e. The fraction of sp³-hybridized carbons (Fsp3) is 0.286. The molecule has 1 aromatic heterocycles. The SMILES string of the molecule is COc1ccc(-n2c(C)cc(Br)c2C)c(OC)c1. The van der Waals surface area contributed by atoms with Crippen LogP contribution in [-0.4, -0.2) is 18.8 Å². The first-order valence-corrected chi connectivity index (χ1v) is 6.44. The number of aryl methyl sites for hydroxylation is 1. The Hall–Kier alpha value is -1.42. The van der Waals surface area contributed by atoms with Gasteiger partial charge in [-0.15, -0.1) is 0 Å². The maximum absolute atomic E-state index is 5.45. The van der Waals surface area contributed by atoms with E-state index in [1.807, 2.05) is 18.2 Å². The van der Waals surface area contributed by atoms with Crippen molar-refractivity contribution in [1.82, 2.24) is 4.57 Å². The molecule has 0 saturated carbocycles. The molecule has 2 aromatic rings. The van der Waals surface area contributed by atoms with Gasteiger partial charge in [0.25, 0.3) is 0 Å². The fourth-order valence-electron chi connectivity index (χ4n) is 2.06. The maximum atomic E-state index is 5.45. The first-order valence-electron chi connectivity index (χ1n) is 5.65. The van der Waals surface area contributed by atoms with Crippen LogP contribution in [0, 0.1) is 13.8 Å². The highest BCUT2D eigenvalue weighted by Gasteiger charge is 2.13. The molecule has 0 radical (unpaired) electrons. The van der Waals surface area contributed by atoms with Gasteiger partial charge >= 0.3 is 0 Å². The van der Waals surface area contributed by atoms with Gasteiger partial charge in [0.1, 0.15) is 11.5 Å². The third-order valence-corrected chi connectivity index (χ3v) is 3.80. The number of aromatic nitrogens is 1. The zero-order valence-corrected chi connectivity index (χ0v) is 12.5. The smallest absolute Gasteiger partial charge is 0.146 e. The Morgan fingerprint density at radius 1 is 1.06 bits per heavy atom. The number of methoxy groups -OCH3 is 2. The van der Waals surface area contributed by atoms with Crippen LogP contribution in [0.25, 0.3) is 5.69 Å². The first kappa shape index (κ1) is 13.0. The summed E-state index contributed by atoms with van der Waals surface area (Å²) in [7, 11) is 3.32. The lowest BCUT2D eigenvalue weighted by Gasteiger charge is -2.14. The highest BCUT2D eigenvalue weighted by Crippen LogP contribution is 2.32. The number of nitrogens with zero attached hydrogens (tertiary/aromatic N) is 1. The van der Waals surface area contributed by atoms with E-state index < -0.39 is 0 Å². The highest BCUT2D eigenvalue weighted by molar-refractivity contribution is 9.10. The van der Waals surface area contributed by atoms with E-state index in [9.17, 15) is 0 Å². The molecular weight excluding hydrogens is 294 g/mol. The Labute approximate surface area is 115 Å². The van der Waals surface area contributed by atoms with Crippen LogP contribution in [-0.2, 0) is 0 Å². The molecule has 0 aliphatic heterocycles. The van der Waals surface area contributed by atoms with Crippen LogP contribution in [0.3, 0.4) is 0 Å². The summed E-state index contributed by atoms with van der Waals surface area (Å²) in [4.78, 5) is 0. The van der Waals surface area contributed by atoms with Crippen molar-refractivity contribution in [2.45, 2.75) is 13.8 Å². The van der Waals surface area contributed by atoms with E-state index >= 15 is 0 Å². The molecule has 96 valence electrons. The van der Waals surface area contributed by atoms with Gasteiger partial charge in [-0.3, -0.25) is 0 Å². The number of benzene rings is 1. The summed E-state index contributed by atoms with van der Waals surface area (Å²) >= 11 is 3.55. The predicted octanol–water partition coefficient (Wildman–Crippen LogP) is 3.87. The van der Waals surface area contributed by atoms with E-state index in [1.165, 1.54) is 0 Å². The molecule has 0 unspecified atom stereocenters. The number of rotatable bonds is 3. The molecule has 2 rings (SSSR count). The van der Waals surface area contributed by atoms with Crippen molar-refractivity contribution in [1.29, 1.82) is 0 Å². The third kappa shape index (κ3) is 2.12. The molecule has 1 aromatic carbocycles. The molecular formula is C14H16BrNO2. The Balaban J connectivity index is 2.63. The third-order valence-electron chi connectivity index (χ3n) is 3.00. The standard InChI is InChI=1S/C14H16BrNO2/c1-9-7-12(15)10(2)16(9)13-6-5-11(17-3)8-14(13)18-4/h5-8H,1-4H3. The highest BCUT2D eigenvalue weighted by atomic mass is 79.9. The molecule has 0 atom stereocenters. The minimum absolute atomic E-state index is 0.789. The predicted molar refractivity (Wildman–Crippen MR) is 76.0 cm³/mol. The van der Waals surface area contributed by atoms with Gasteiger partial charge in [-0.25, -0.2) is 0 Å². The number of ether oxygens (including phenoxy) is 2. The number of hydrogen-bond donors (Lipinski definition) is 0. The minimum atomic E-state index is 0.789. The van der Waals surface area contributed by atoms with E-state index in [0.29, 0.717) is 0 Å². The van der Waals surface area contributed by atoms with E-state index in [4.69, 9.17) is 9.47 Å². The average Bonchev–Trinajstić information content (AvgIpc) is 2.62. The van der Waals surface area contributed by atoms with Crippen LogP contribution in [0.5, 0.6) is 11.5 Å². The van der Waals surface area contributed by atoms with Crippen molar-refractivity contribution >= 4 is 15.9 Å². The molecule has 0 amide bonds. The van der Waals surface area contributed by atoms with Crippen molar-refractivity contribution in [3.05, 3.63) is 40.1 Å². The molecule has 18 heavy (non-hydrogen) atoms. The molecule has 3 nitrogen and oxygen atoms in total. The Bertz CT molecular complexity index is 575. The van der Waals surface area contributed by atoms with E-state index in [2.05, 4.69) is 40.4 Å². The summed E-state index contributed by atoms with van der Waals surface area (Å²) in [5.41, 5.74) is 3.32. The van der Waals surface area contributed by atoms with Crippen LogP contribution in [0.2, 0.25) is 0 Å². The van der Waals surface area contributed by atoms with E-state index in [0.717, 1.165) is 33.0 Å². The van der Waals surface area contributed by atoms with Gasteiger partial charge < -0.3 is 14.0 Å². The monoisotopic (exact) mass is 309 g/mol. The van der Waals surface area contributed by atoms with Gasteiger partial charge in [0, 0.05) is 21.9 Å². The van der Waals surface area contributed by atoms with Crippen LogP contribution in [0.15, 0.2) is 28.7 Å². The molecule has 0 aliphatic carbocycles. The second-order valence-corrected chi connectivity index (χ2v) is 4.95. The fourth-order valence-corrected chi connectivity index (χ4v) is 2.57. The molecule has 0 fully saturated rings. The molecule has 0 aliphatic rings. The largest absolute Gasteiger partial charge is 0.497 e. The summed E-state index contributed by atoms with van der Waals surface area (Å²) in [5.74, 6) is 1.58. The van der Waals surface area contributed by atoms with E-state index in [1.54, 1.807) is 14.2 Å². The van der Waals surface area contributed by atoms with Gasteiger partial charge in [-0.1, -0.05) is 0 Å². The van der Waals surface area contributed by atoms with Crippen LogP contribution < -0.4 is 9.47 Å². The van der Waals surface area contributed by atoms with Crippen molar-refractivity contribution in [2.24, 2.45) is 0 Å². The van der Waals surface area contributed by atoms with E-state index in [-0.39, 0.29) is 0 Å². The van der Waals surface area contributed by atoms with Gasteiger partial charge in [-0.05, 0) is 48.0 Å². The van der Waals surface area contributed by atoms with Crippen molar-refractivity contribution in [2.75, 3.05) is 14.2 Å². The molecule has 1 heterocycles. The molecule has 0 bridgehead atoms. The average molecular weight is 310 g/mol. The summed E-state index contributed by atoms with van der Waals surface area (Å²) in [6.45, 7) is 4.14. The van der Waals surface area contributed by atoms with Crippen molar-refractivity contribution < 1.29 is 9.47 Å². The number of hydrogen-bond acceptors (Lipinski definition) is 2. The van der Waals surface area contributed by atoms with Crippen LogP contribution >= 0.6 is 15.9 Å². The van der Waals surface area contributed by atoms with Crippen molar-refractivity contribution in [3.63, 3.8) is 0 Å². The molecule has 4 heteroatoms. The summed E-state index contributed by atoms with van der Waals surface area (Å²) in [6.07, 6.45) is 0. The normalized spacial score (nSPS) is 10.5. The lowest BCUT2D eigenvalue weighted by Crippen LogP contribution is -2.02. The van der Waals surface area contributed by atoms with Crippen molar-refractivity contribution in [3.8, 4) is 17.2 Å². The zero-order valence-electron chi connectivity index (χ0n) is 11.0. The molecule has 0 N–H and O–H groups in total. The topological polar surface area (TPSA) is 23.4 Å². The second-order valence-electron chi connectivity index (χ2n) is 4.09. The summed E-state index contributed by atoms with van der Waals surface area (Å²) in [6, 6.07) is 7.93. The Morgan fingerprint density at radius 3 is 2.28 bits per heavy atom. The summed E-state index contributed by atoms with van der Waals surface area (Å²) in [5, 5.41) is 0. The Kier molecular flexibility index (Phi) is 3.66. The van der Waals surface area contributed by atoms with Crippen LogP contribution in [0.1, 0.15) is 11.4 Å². The van der Waals surface area contributed by atoms with Gasteiger partial charge in [0.05, 0.1) is 19.9 Å². The molecule has 0 spiro atoms. The quantitative estimate of drug-likeness (QED) is 0.859. The summed E-state index contributed by atoms with van der Waals surface area (Å²) < 4.78 is 13.9. The number of halogens is 1. The Morgan fingerprint density at radius 2 is 1.78 bits per heavy atom. The maximum Gasteiger partial charge on any atom is 0.146 e. The lowest BCUT2D eigenvalue weighted by atomic mass is 10.2.